The average molecular weight is 351 g/mol. The van der Waals surface area contributed by atoms with E-state index in [1.165, 1.54) is 0 Å². The number of pyridine rings is 1. The van der Waals surface area contributed by atoms with Gasteiger partial charge in [-0.15, -0.1) is 0 Å². The number of hydrogen-bond acceptors (Lipinski definition) is 4. The molecule has 5 heteroatoms. The topological polar surface area (TPSA) is 45.4 Å². The van der Waals surface area contributed by atoms with Crippen LogP contribution in [0.5, 0.6) is 0 Å². The molecule has 0 bridgehead atoms. The fourth-order valence-electron chi connectivity index (χ4n) is 2.48. The fourth-order valence-corrected chi connectivity index (χ4v) is 2.81. The van der Waals surface area contributed by atoms with Gasteiger partial charge in [0.1, 0.15) is 0 Å². The Labute approximate surface area is 135 Å². The highest BCUT2D eigenvalue weighted by molar-refractivity contribution is 9.10. The normalized spacial score (nSPS) is 11.3. The van der Waals surface area contributed by atoms with Crippen molar-refractivity contribution in [2.75, 3.05) is 44.4 Å². The molecule has 0 radical (unpaired) electrons. The summed E-state index contributed by atoms with van der Waals surface area (Å²) in [4.78, 5) is 9.15. The molecule has 2 aromatic rings. The van der Waals surface area contributed by atoms with Crippen LogP contribution in [0.15, 0.2) is 28.9 Å². The third-order valence-corrected chi connectivity index (χ3v) is 4.02. The van der Waals surface area contributed by atoms with Crippen molar-refractivity contribution in [3.8, 4) is 0 Å². The zero-order valence-corrected chi connectivity index (χ0v) is 14.5. The smallest absolute Gasteiger partial charge is 0.0956 e. The predicted molar refractivity (Wildman–Crippen MR) is 94.9 cm³/mol. The molecule has 0 unspecified atom stereocenters. The number of anilines is 2. The molecular formula is C16H23BrN4. The van der Waals surface area contributed by atoms with Crippen molar-refractivity contribution in [3.63, 3.8) is 0 Å². The largest absolute Gasteiger partial charge is 0.398 e. The van der Waals surface area contributed by atoms with E-state index in [4.69, 9.17) is 5.73 Å². The van der Waals surface area contributed by atoms with E-state index in [1.54, 1.807) is 0 Å². The summed E-state index contributed by atoms with van der Waals surface area (Å²) in [5.74, 6) is 0. The molecule has 1 heterocycles. The number of benzene rings is 1. The summed E-state index contributed by atoms with van der Waals surface area (Å²) in [5, 5.41) is 1.01. The van der Waals surface area contributed by atoms with Gasteiger partial charge in [-0.2, -0.15) is 0 Å². The minimum Gasteiger partial charge on any atom is -0.398 e. The zero-order chi connectivity index (χ0) is 15.4. The monoisotopic (exact) mass is 350 g/mol. The molecule has 0 spiro atoms. The number of halogens is 1. The first-order valence-corrected chi connectivity index (χ1v) is 8.05. The number of fused-ring (bicyclic) bond motifs is 1. The molecule has 0 fully saturated rings. The van der Waals surface area contributed by atoms with Crippen LogP contribution >= 0.6 is 15.9 Å². The first-order valence-electron chi connectivity index (χ1n) is 7.26. The van der Waals surface area contributed by atoms with Gasteiger partial charge < -0.3 is 15.5 Å². The summed E-state index contributed by atoms with van der Waals surface area (Å²) in [7, 11) is 4.21. The maximum atomic E-state index is 6.09. The number of nitrogens with zero attached hydrogens (tertiary/aromatic N) is 3. The maximum Gasteiger partial charge on any atom is 0.0956 e. The Morgan fingerprint density at radius 1 is 1.24 bits per heavy atom. The predicted octanol–water partition coefficient (Wildman–Crippen LogP) is 3.36. The Bertz CT molecular complexity index is 612. The van der Waals surface area contributed by atoms with E-state index in [0.29, 0.717) is 0 Å². The Morgan fingerprint density at radius 2 is 2.00 bits per heavy atom. The van der Waals surface area contributed by atoms with Crippen LogP contribution in [-0.4, -0.2) is 43.6 Å². The highest BCUT2D eigenvalue weighted by Crippen LogP contribution is 2.31. The number of rotatable bonds is 6. The van der Waals surface area contributed by atoms with Crippen LogP contribution in [0, 0.1) is 0 Å². The molecule has 0 atom stereocenters. The van der Waals surface area contributed by atoms with Crippen LogP contribution in [0.4, 0.5) is 11.4 Å². The third kappa shape index (κ3) is 3.86. The van der Waals surface area contributed by atoms with Crippen molar-refractivity contribution in [1.29, 1.82) is 0 Å². The molecule has 114 valence electrons. The molecule has 1 aromatic carbocycles. The summed E-state index contributed by atoms with van der Waals surface area (Å²) in [6, 6.07) is 6.09. The van der Waals surface area contributed by atoms with Gasteiger partial charge in [0.25, 0.3) is 0 Å². The molecule has 0 aliphatic carbocycles. The first-order chi connectivity index (χ1) is 10.0. The van der Waals surface area contributed by atoms with Gasteiger partial charge in [0.05, 0.1) is 11.2 Å². The summed E-state index contributed by atoms with van der Waals surface area (Å²) in [5.41, 5.74) is 9.00. The molecule has 0 saturated heterocycles. The minimum absolute atomic E-state index is 0.770. The third-order valence-electron chi connectivity index (χ3n) is 3.58. The molecule has 1 aromatic heterocycles. The Kier molecular flexibility index (Phi) is 5.42. The van der Waals surface area contributed by atoms with Gasteiger partial charge in [0.2, 0.25) is 0 Å². The van der Waals surface area contributed by atoms with Crippen LogP contribution in [-0.2, 0) is 0 Å². The van der Waals surface area contributed by atoms with E-state index in [2.05, 4.69) is 57.8 Å². The van der Waals surface area contributed by atoms with Crippen molar-refractivity contribution in [2.24, 2.45) is 0 Å². The van der Waals surface area contributed by atoms with Gasteiger partial charge in [-0.05, 0) is 68.1 Å². The lowest BCUT2D eigenvalue weighted by Gasteiger charge is -2.25. The highest BCUT2D eigenvalue weighted by Gasteiger charge is 2.12. The highest BCUT2D eigenvalue weighted by atomic mass is 79.9. The Morgan fingerprint density at radius 3 is 2.67 bits per heavy atom. The van der Waals surface area contributed by atoms with E-state index in [1.807, 2.05) is 18.3 Å². The Balaban J connectivity index is 2.33. The fraction of sp³-hybridized carbons (Fsp3) is 0.438. The van der Waals surface area contributed by atoms with E-state index in [-0.39, 0.29) is 0 Å². The molecule has 2 rings (SSSR count). The molecule has 2 N–H and O–H groups in total. The van der Waals surface area contributed by atoms with E-state index in [9.17, 15) is 0 Å². The van der Waals surface area contributed by atoms with E-state index < -0.39 is 0 Å². The number of nitrogen functional groups attached to an aromatic ring is 1. The maximum absolute atomic E-state index is 6.09. The van der Waals surface area contributed by atoms with Crippen LogP contribution in [0.2, 0.25) is 0 Å². The summed E-state index contributed by atoms with van der Waals surface area (Å²) in [6.07, 6.45) is 2.96. The van der Waals surface area contributed by atoms with Crippen molar-refractivity contribution >= 4 is 38.2 Å². The molecule has 0 saturated carbocycles. The lowest BCUT2D eigenvalue weighted by Crippen LogP contribution is -2.27. The second-order valence-electron chi connectivity index (χ2n) is 5.46. The second-order valence-corrected chi connectivity index (χ2v) is 6.38. The second kappa shape index (κ2) is 7.09. The van der Waals surface area contributed by atoms with Gasteiger partial charge in [-0.25, -0.2) is 0 Å². The molecule has 21 heavy (non-hydrogen) atoms. The van der Waals surface area contributed by atoms with Crippen molar-refractivity contribution in [3.05, 3.63) is 28.9 Å². The lowest BCUT2D eigenvalue weighted by atomic mass is 10.1. The lowest BCUT2D eigenvalue weighted by molar-refractivity contribution is 0.400. The average Bonchev–Trinajstić information content (AvgIpc) is 2.45. The minimum atomic E-state index is 0.770. The van der Waals surface area contributed by atoms with Crippen LogP contribution in [0.1, 0.15) is 13.3 Å². The van der Waals surface area contributed by atoms with Crippen LogP contribution in [0.25, 0.3) is 10.9 Å². The van der Waals surface area contributed by atoms with E-state index >= 15 is 0 Å². The van der Waals surface area contributed by atoms with Crippen LogP contribution < -0.4 is 10.6 Å². The summed E-state index contributed by atoms with van der Waals surface area (Å²) < 4.78 is 0.953. The van der Waals surface area contributed by atoms with Gasteiger partial charge in [-0.1, -0.05) is 0 Å². The molecule has 0 aliphatic rings. The van der Waals surface area contributed by atoms with Crippen LogP contribution in [0.3, 0.4) is 0 Å². The molecule has 0 amide bonds. The van der Waals surface area contributed by atoms with E-state index in [0.717, 1.165) is 52.8 Å². The zero-order valence-electron chi connectivity index (χ0n) is 12.9. The summed E-state index contributed by atoms with van der Waals surface area (Å²) in [6.45, 7) is 5.24. The summed E-state index contributed by atoms with van der Waals surface area (Å²) >= 11 is 3.47. The van der Waals surface area contributed by atoms with Crippen molar-refractivity contribution in [2.45, 2.75) is 13.3 Å². The quantitative estimate of drug-likeness (QED) is 0.811. The standard InChI is InChI=1S/C16H23BrN4/c1-4-21(9-5-8-20(2)3)15-7-6-14(18)13-10-12(17)11-19-16(13)15/h6-7,10-11H,4-5,8-9,18H2,1-3H3. The molecular weight excluding hydrogens is 328 g/mol. The SMILES string of the molecule is CCN(CCCN(C)C)c1ccc(N)c2cc(Br)cnc12. The van der Waals surface area contributed by atoms with Crippen molar-refractivity contribution < 1.29 is 0 Å². The molecule has 0 aliphatic heterocycles. The van der Waals surface area contributed by atoms with Gasteiger partial charge in [-0.3, -0.25) is 4.98 Å². The van der Waals surface area contributed by atoms with Gasteiger partial charge in [0, 0.05) is 34.8 Å². The first kappa shape index (κ1) is 16.0. The van der Waals surface area contributed by atoms with Crippen molar-refractivity contribution in [1.82, 2.24) is 9.88 Å². The Hall–Kier alpha value is -1.33. The number of nitrogens with two attached hydrogens (primary N) is 1. The number of hydrogen-bond donors (Lipinski definition) is 1. The molecule has 4 nitrogen and oxygen atoms in total. The number of aromatic nitrogens is 1. The van der Waals surface area contributed by atoms with Gasteiger partial charge >= 0.3 is 0 Å². The van der Waals surface area contributed by atoms with Gasteiger partial charge in [0.15, 0.2) is 0 Å².